The lowest BCUT2D eigenvalue weighted by molar-refractivity contribution is -0.126. The van der Waals surface area contributed by atoms with Crippen LogP contribution >= 0.6 is 11.6 Å². The number of halogens is 1. The molecule has 1 unspecified atom stereocenters. The maximum Gasteiger partial charge on any atom is 0.239 e. The van der Waals surface area contributed by atoms with Crippen molar-refractivity contribution in [3.63, 3.8) is 0 Å². The Morgan fingerprint density at radius 2 is 2.47 bits per heavy atom. The molecule has 0 bridgehead atoms. The Kier molecular flexibility index (Phi) is 5.01. The van der Waals surface area contributed by atoms with Crippen molar-refractivity contribution in [1.29, 1.82) is 0 Å². The summed E-state index contributed by atoms with van der Waals surface area (Å²) in [4.78, 5) is 11.9. The number of ether oxygens (including phenoxy) is 2. The molecule has 1 aromatic rings. The van der Waals surface area contributed by atoms with Crippen LogP contribution in [0.1, 0.15) is 5.56 Å². The average molecular weight is 285 g/mol. The minimum Gasteiger partial charge on any atom is -0.495 e. The van der Waals surface area contributed by atoms with Crippen molar-refractivity contribution in [2.24, 2.45) is 0 Å². The van der Waals surface area contributed by atoms with E-state index < -0.39 is 0 Å². The van der Waals surface area contributed by atoms with E-state index in [4.69, 9.17) is 21.1 Å². The normalized spacial score (nSPS) is 18.9. The molecule has 1 saturated heterocycles. The van der Waals surface area contributed by atoms with Crippen LogP contribution in [0.5, 0.6) is 5.75 Å². The van der Waals surface area contributed by atoms with E-state index in [0.29, 0.717) is 37.1 Å². The molecule has 104 valence electrons. The largest absolute Gasteiger partial charge is 0.495 e. The van der Waals surface area contributed by atoms with E-state index in [1.54, 1.807) is 19.2 Å². The van der Waals surface area contributed by atoms with Gasteiger partial charge in [0.2, 0.25) is 5.91 Å². The topological polar surface area (TPSA) is 59.6 Å². The zero-order valence-electron chi connectivity index (χ0n) is 10.7. The van der Waals surface area contributed by atoms with Crippen molar-refractivity contribution in [2.45, 2.75) is 12.6 Å². The lowest BCUT2D eigenvalue weighted by Gasteiger charge is -2.22. The highest BCUT2D eigenvalue weighted by molar-refractivity contribution is 6.32. The molecule has 1 fully saturated rings. The van der Waals surface area contributed by atoms with E-state index in [9.17, 15) is 4.79 Å². The summed E-state index contributed by atoms with van der Waals surface area (Å²) in [6.45, 7) is 2.19. The van der Waals surface area contributed by atoms with Crippen LogP contribution in [-0.2, 0) is 16.1 Å². The third-order valence-corrected chi connectivity index (χ3v) is 3.22. The van der Waals surface area contributed by atoms with Crippen LogP contribution in [-0.4, -0.2) is 38.8 Å². The van der Waals surface area contributed by atoms with Crippen LogP contribution in [0.4, 0.5) is 0 Å². The number of morpholine rings is 1. The quantitative estimate of drug-likeness (QED) is 0.864. The minimum atomic E-state index is -0.275. The maximum absolute atomic E-state index is 11.9. The van der Waals surface area contributed by atoms with Crippen molar-refractivity contribution in [1.82, 2.24) is 10.6 Å². The summed E-state index contributed by atoms with van der Waals surface area (Å²) < 4.78 is 10.3. The van der Waals surface area contributed by atoms with Gasteiger partial charge in [0.05, 0.1) is 25.3 Å². The molecule has 1 heterocycles. The summed E-state index contributed by atoms with van der Waals surface area (Å²) in [6.07, 6.45) is 0. The highest BCUT2D eigenvalue weighted by atomic mass is 35.5. The van der Waals surface area contributed by atoms with Gasteiger partial charge in [-0.05, 0) is 17.7 Å². The Labute approximate surface area is 117 Å². The van der Waals surface area contributed by atoms with Crippen molar-refractivity contribution < 1.29 is 14.3 Å². The number of amides is 1. The highest BCUT2D eigenvalue weighted by Crippen LogP contribution is 2.24. The maximum atomic E-state index is 11.9. The second-order valence-electron chi connectivity index (χ2n) is 4.27. The second kappa shape index (κ2) is 6.75. The molecule has 1 aliphatic heterocycles. The van der Waals surface area contributed by atoms with E-state index in [1.807, 2.05) is 6.07 Å². The zero-order valence-corrected chi connectivity index (χ0v) is 11.5. The molecular weight excluding hydrogens is 268 g/mol. The van der Waals surface area contributed by atoms with E-state index >= 15 is 0 Å². The first-order valence-corrected chi connectivity index (χ1v) is 6.50. The van der Waals surface area contributed by atoms with Crippen molar-refractivity contribution in [3.05, 3.63) is 28.8 Å². The molecule has 0 radical (unpaired) electrons. The van der Waals surface area contributed by atoms with Crippen LogP contribution in [0, 0.1) is 0 Å². The molecule has 2 N–H and O–H groups in total. The fourth-order valence-electron chi connectivity index (χ4n) is 1.87. The Bertz CT molecular complexity index is 448. The number of benzene rings is 1. The number of carbonyl (C=O) groups is 1. The minimum absolute atomic E-state index is 0.0633. The van der Waals surface area contributed by atoms with Crippen LogP contribution in [0.2, 0.25) is 5.02 Å². The van der Waals surface area contributed by atoms with E-state index in [-0.39, 0.29) is 11.9 Å². The molecule has 0 aliphatic carbocycles. The van der Waals surface area contributed by atoms with E-state index in [1.165, 1.54) is 0 Å². The molecule has 19 heavy (non-hydrogen) atoms. The highest BCUT2D eigenvalue weighted by Gasteiger charge is 2.20. The molecule has 0 spiro atoms. The molecule has 6 heteroatoms. The lowest BCUT2D eigenvalue weighted by atomic mass is 10.2. The second-order valence-corrected chi connectivity index (χ2v) is 4.68. The molecule has 1 atom stereocenters. The van der Waals surface area contributed by atoms with Crippen LogP contribution in [0.3, 0.4) is 0 Å². The van der Waals surface area contributed by atoms with Crippen LogP contribution < -0.4 is 15.4 Å². The van der Waals surface area contributed by atoms with Gasteiger partial charge in [0.25, 0.3) is 0 Å². The van der Waals surface area contributed by atoms with Gasteiger partial charge < -0.3 is 20.1 Å². The van der Waals surface area contributed by atoms with Gasteiger partial charge in [-0.15, -0.1) is 0 Å². The summed E-state index contributed by atoms with van der Waals surface area (Å²) in [5.41, 5.74) is 0.927. The summed E-state index contributed by atoms with van der Waals surface area (Å²) in [5.74, 6) is 0.561. The van der Waals surface area contributed by atoms with Gasteiger partial charge in [-0.1, -0.05) is 17.7 Å². The first-order valence-electron chi connectivity index (χ1n) is 6.12. The lowest BCUT2D eigenvalue weighted by Crippen LogP contribution is -2.51. The summed E-state index contributed by atoms with van der Waals surface area (Å²) in [7, 11) is 1.57. The molecule has 1 aliphatic rings. The zero-order chi connectivity index (χ0) is 13.7. The van der Waals surface area contributed by atoms with Gasteiger partial charge >= 0.3 is 0 Å². The fraction of sp³-hybridized carbons (Fsp3) is 0.462. The summed E-state index contributed by atoms with van der Waals surface area (Å²) >= 11 is 6.02. The van der Waals surface area contributed by atoms with Gasteiger partial charge in [0.1, 0.15) is 11.8 Å². The molecule has 2 rings (SSSR count). The molecule has 1 aromatic carbocycles. The predicted octanol–water partition coefficient (Wildman–Crippen LogP) is 0.953. The summed E-state index contributed by atoms with van der Waals surface area (Å²) in [5, 5.41) is 6.49. The van der Waals surface area contributed by atoms with Gasteiger partial charge in [0.15, 0.2) is 0 Å². The number of hydrogen-bond donors (Lipinski definition) is 2. The number of hydrogen-bond acceptors (Lipinski definition) is 4. The fourth-order valence-corrected chi connectivity index (χ4v) is 2.15. The number of methoxy groups -OCH3 is 1. The number of rotatable bonds is 4. The summed E-state index contributed by atoms with van der Waals surface area (Å²) in [6, 6.07) is 5.16. The molecule has 0 saturated carbocycles. The molecule has 1 amide bonds. The SMILES string of the molecule is COc1ccc(CNC(=O)C2COCCN2)cc1Cl. The Hall–Kier alpha value is -1.30. The molecule has 5 nitrogen and oxygen atoms in total. The van der Waals surface area contributed by atoms with Crippen molar-refractivity contribution in [2.75, 3.05) is 26.9 Å². The number of nitrogens with one attached hydrogen (secondary N) is 2. The van der Waals surface area contributed by atoms with Crippen molar-refractivity contribution in [3.8, 4) is 5.75 Å². The first kappa shape index (κ1) is 14.1. The van der Waals surface area contributed by atoms with Crippen molar-refractivity contribution >= 4 is 17.5 Å². The van der Waals surface area contributed by atoms with Gasteiger partial charge in [-0.2, -0.15) is 0 Å². The first-order chi connectivity index (χ1) is 9.20. The van der Waals surface area contributed by atoms with E-state index in [0.717, 1.165) is 5.56 Å². The molecular formula is C13H17ClN2O3. The molecule has 0 aromatic heterocycles. The van der Waals surface area contributed by atoms with E-state index in [2.05, 4.69) is 10.6 Å². The monoisotopic (exact) mass is 284 g/mol. The van der Waals surface area contributed by atoms with Gasteiger partial charge in [-0.3, -0.25) is 4.79 Å². The van der Waals surface area contributed by atoms with Gasteiger partial charge in [-0.25, -0.2) is 0 Å². The Morgan fingerprint density at radius 1 is 1.63 bits per heavy atom. The standard InChI is InChI=1S/C13H17ClN2O3/c1-18-12-3-2-9(6-10(12)14)7-16-13(17)11-8-19-5-4-15-11/h2-3,6,11,15H,4-5,7-8H2,1H3,(H,16,17). The Balaban J connectivity index is 1.87. The third-order valence-electron chi connectivity index (χ3n) is 2.92. The van der Waals surface area contributed by atoms with Crippen LogP contribution in [0.15, 0.2) is 18.2 Å². The van der Waals surface area contributed by atoms with Gasteiger partial charge in [0, 0.05) is 13.1 Å². The smallest absolute Gasteiger partial charge is 0.239 e. The third kappa shape index (κ3) is 3.83. The predicted molar refractivity (Wildman–Crippen MR) is 72.5 cm³/mol. The van der Waals surface area contributed by atoms with Crippen LogP contribution in [0.25, 0.3) is 0 Å². The average Bonchev–Trinajstić information content (AvgIpc) is 2.46. The Morgan fingerprint density at radius 3 is 3.11 bits per heavy atom. The number of carbonyl (C=O) groups excluding carboxylic acids is 1.